The summed E-state index contributed by atoms with van der Waals surface area (Å²) in [6.45, 7) is 0. The smallest absolute Gasteiger partial charge is 0.329 e. The van der Waals surface area contributed by atoms with Crippen LogP contribution in [0.4, 0.5) is 5.69 Å². The van der Waals surface area contributed by atoms with Crippen LogP contribution in [0.15, 0.2) is 46.0 Å². The van der Waals surface area contributed by atoms with Gasteiger partial charge in [0.2, 0.25) is 0 Å². The van der Waals surface area contributed by atoms with Crippen LogP contribution in [0.5, 0.6) is 5.75 Å². The first-order valence-corrected chi connectivity index (χ1v) is 8.00. The number of hydrogen-bond donors (Lipinski definition) is 3. The van der Waals surface area contributed by atoms with Crippen LogP contribution in [-0.4, -0.2) is 23.1 Å². The molecule has 124 valence electrons. The van der Waals surface area contributed by atoms with Crippen LogP contribution in [0.2, 0.25) is 10.0 Å². The van der Waals surface area contributed by atoms with E-state index in [0.29, 0.717) is 5.56 Å². The van der Waals surface area contributed by atoms with Gasteiger partial charge in [-0.2, -0.15) is 5.10 Å². The van der Waals surface area contributed by atoms with E-state index in [1.165, 1.54) is 18.3 Å². The number of hydrazone groups is 1. The van der Waals surface area contributed by atoms with Crippen LogP contribution < -0.4 is 10.7 Å². The lowest BCUT2D eigenvalue weighted by atomic mass is 10.2. The van der Waals surface area contributed by atoms with Crippen molar-refractivity contribution in [2.45, 2.75) is 0 Å². The molecule has 2 aromatic rings. The summed E-state index contributed by atoms with van der Waals surface area (Å²) in [7, 11) is 0. The molecule has 24 heavy (non-hydrogen) atoms. The second-order valence-corrected chi connectivity index (χ2v) is 6.16. The molecule has 0 fully saturated rings. The molecular weight excluding hydrogens is 421 g/mol. The largest absolute Gasteiger partial charge is 0.507 e. The van der Waals surface area contributed by atoms with Gasteiger partial charge in [0.1, 0.15) is 5.75 Å². The Kier molecular flexibility index (Phi) is 6.19. The predicted molar refractivity (Wildman–Crippen MR) is 96.6 cm³/mol. The topological polar surface area (TPSA) is 90.8 Å². The summed E-state index contributed by atoms with van der Waals surface area (Å²) >= 11 is 15.0. The molecular formula is C15H10BrCl2N3O3. The number of phenols is 1. The summed E-state index contributed by atoms with van der Waals surface area (Å²) < 4.78 is 0.724. The molecule has 3 N–H and O–H groups in total. The number of aromatic hydroxyl groups is 1. The molecule has 2 rings (SSSR count). The second kappa shape index (κ2) is 8.14. The molecule has 9 heteroatoms. The first kappa shape index (κ1) is 18.3. The maximum absolute atomic E-state index is 11.8. The number of anilines is 1. The number of phenolic OH excluding ortho intramolecular Hbond substituents is 1. The average Bonchev–Trinajstić information content (AvgIpc) is 2.54. The molecule has 0 aromatic heterocycles. The van der Waals surface area contributed by atoms with Crippen molar-refractivity contribution >= 4 is 62.8 Å². The fourth-order valence-corrected chi connectivity index (χ4v) is 2.35. The summed E-state index contributed by atoms with van der Waals surface area (Å²) in [6, 6.07) is 9.33. The molecule has 0 aliphatic rings. The molecule has 0 aliphatic carbocycles. The van der Waals surface area contributed by atoms with Crippen molar-refractivity contribution in [2.75, 3.05) is 5.32 Å². The molecule has 0 spiro atoms. The third kappa shape index (κ3) is 4.70. The lowest BCUT2D eigenvalue weighted by Crippen LogP contribution is -2.32. The van der Waals surface area contributed by atoms with Crippen LogP contribution in [0.25, 0.3) is 0 Å². The van der Waals surface area contributed by atoms with Gasteiger partial charge in [-0.05, 0) is 30.3 Å². The van der Waals surface area contributed by atoms with E-state index < -0.39 is 11.8 Å². The molecule has 0 bridgehead atoms. The Morgan fingerprint density at radius 1 is 1.17 bits per heavy atom. The van der Waals surface area contributed by atoms with Gasteiger partial charge in [0.05, 0.1) is 21.9 Å². The zero-order valence-corrected chi connectivity index (χ0v) is 15.0. The summed E-state index contributed by atoms with van der Waals surface area (Å²) in [6.07, 6.45) is 1.21. The molecule has 0 saturated carbocycles. The van der Waals surface area contributed by atoms with Crippen LogP contribution >= 0.6 is 39.1 Å². The number of amides is 2. The van der Waals surface area contributed by atoms with Gasteiger partial charge in [0, 0.05) is 10.0 Å². The van der Waals surface area contributed by atoms with Crippen molar-refractivity contribution in [3.8, 4) is 5.75 Å². The zero-order chi connectivity index (χ0) is 17.7. The molecule has 0 saturated heterocycles. The lowest BCUT2D eigenvalue weighted by molar-refractivity contribution is -0.136. The molecule has 0 unspecified atom stereocenters. The number of nitrogens with zero attached hydrogens (tertiary/aromatic N) is 1. The monoisotopic (exact) mass is 429 g/mol. The SMILES string of the molecule is O=C(NN=Cc1cc(Br)ccc1O)C(=O)Nc1cccc(Cl)c1Cl. The van der Waals surface area contributed by atoms with Crippen molar-refractivity contribution < 1.29 is 14.7 Å². The summed E-state index contributed by atoms with van der Waals surface area (Å²) in [5.41, 5.74) is 2.62. The molecule has 0 aliphatic heterocycles. The van der Waals surface area contributed by atoms with Gasteiger partial charge < -0.3 is 10.4 Å². The van der Waals surface area contributed by atoms with Gasteiger partial charge in [0.15, 0.2) is 0 Å². The van der Waals surface area contributed by atoms with E-state index >= 15 is 0 Å². The first-order chi connectivity index (χ1) is 11.4. The zero-order valence-electron chi connectivity index (χ0n) is 11.9. The van der Waals surface area contributed by atoms with Crippen molar-refractivity contribution in [1.82, 2.24) is 5.43 Å². The fourth-order valence-electron chi connectivity index (χ4n) is 1.62. The molecule has 0 radical (unpaired) electrons. The Morgan fingerprint density at radius 2 is 1.92 bits per heavy atom. The van der Waals surface area contributed by atoms with Crippen molar-refractivity contribution in [3.63, 3.8) is 0 Å². The van der Waals surface area contributed by atoms with Crippen molar-refractivity contribution in [2.24, 2.45) is 5.10 Å². The van der Waals surface area contributed by atoms with Gasteiger partial charge in [-0.1, -0.05) is 45.2 Å². The minimum absolute atomic E-state index is 0.0219. The maximum Gasteiger partial charge on any atom is 0.329 e. The van der Waals surface area contributed by atoms with E-state index in [0.717, 1.165) is 4.47 Å². The Hall–Kier alpha value is -2.09. The van der Waals surface area contributed by atoms with Crippen LogP contribution in [-0.2, 0) is 9.59 Å². The minimum Gasteiger partial charge on any atom is -0.507 e. The lowest BCUT2D eigenvalue weighted by Gasteiger charge is -2.07. The normalized spacial score (nSPS) is 10.6. The molecule has 6 nitrogen and oxygen atoms in total. The Morgan fingerprint density at radius 3 is 2.67 bits per heavy atom. The van der Waals surface area contributed by atoms with E-state index in [9.17, 15) is 14.7 Å². The summed E-state index contributed by atoms with van der Waals surface area (Å²) in [5.74, 6) is -1.99. The minimum atomic E-state index is -1.00. The Bertz CT molecular complexity index is 828. The van der Waals surface area contributed by atoms with Gasteiger partial charge >= 0.3 is 11.8 Å². The number of rotatable bonds is 3. The van der Waals surface area contributed by atoms with Gasteiger partial charge in [-0.3, -0.25) is 9.59 Å². The number of carbonyl (C=O) groups excluding carboxylic acids is 2. The van der Waals surface area contributed by atoms with E-state index in [2.05, 4.69) is 26.3 Å². The standard InChI is InChI=1S/C15H10BrCl2N3O3/c16-9-4-5-12(22)8(6-9)7-19-21-15(24)14(23)20-11-3-1-2-10(17)13(11)18/h1-7,22H,(H,20,23)(H,21,24). The molecule has 2 aromatic carbocycles. The number of halogens is 3. The highest BCUT2D eigenvalue weighted by molar-refractivity contribution is 9.10. The summed E-state index contributed by atoms with van der Waals surface area (Å²) in [4.78, 5) is 23.5. The highest BCUT2D eigenvalue weighted by Crippen LogP contribution is 2.29. The molecule has 0 atom stereocenters. The van der Waals surface area contributed by atoms with Crippen molar-refractivity contribution in [1.29, 1.82) is 0 Å². The van der Waals surface area contributed by atoms with Gasteiger partial charge in [-0.15, -0.1) is 0 Å². The van der Waals surface area contributed by atoms with E-state index in [1.807, 2.05) is 5.43 Å². The highest BCUT2D eigenvalue weighted by atomic mass is 79.9. The van der Waals surface area contributed by atoms with E-state index in [4.69, 9.17) is 23.2 Å². The summed E-state index contributed by atoms with van der Waals surface area (Å²) in [5, 5.41) is 15.9. The van der Waals surface area contributed by atoms with Gasteiger partial charge in [0.25, 0.3) is 0 Å². The highest BCUT2D eigenvalue weighted by Gasteiger charge is 2.15. The van der Waals surface area contributed by atoms with Crippen LogP contribution in [0.1, 0.15) is 5.56 Å². The van der Waals surface area contributed by atoms with E-state index in [-0.39, 0.29) is 21.5 Å². The molecule has 0 heterocycles. The predicted octanol–water partition coefficient (Wildman–Crippen LogP) is 3.55. The third-order valence-electron chi connectivity index (χ3n) is 2.77. The number of nitrogens with one attached hydrogen (secondary N) is 2. The number of hydrogen-bond acceptors (Lipinski definition) is 4. The first-order valence-electron chi connectivity index (χ1n) is 6.45. The number of carbonyl (C=O) groups is 2. The Labute approximate surface area is 155 Å². The Balaban J connectivity index is 1.99. The third-order valence-corrected chi connectivity index (χ3v) is 4.08. The fraction of sp³-hybridized carbons (Fsp3) is 0. The average molecular weight is 431 g/mol. The van der Waals surface area contributed by atoms with Crippen LogP contribution in [0, 0.1) is 0 Å². The van der Waals surface area contributed by atoms with Crippen LogP contribution in [0.3, 0.4) is 0 Å². The quantitative estimate of drug-likeness (QED) is 0.395. The second-order valence-electron chi connectivity index (χ2n) is 4.46. The maximum atomic E-state index is 11.8. The van der Waals surface area contributed by atoms with Gasteiger partial charge in [-0.25, -0.2) is 5.43 Å². The van der Waals surface area contributed by atoms with Crippen molar-refractivity contribution in [3.05, 3.63) is 56.5 Å². The molecule has 2 amide bonds. The van der Waals surface area contributed by atoms with E-state index in [1.54, 1.807) is 24.3 Å². The number of benzene rings is 2.